The van der Waals surface area contributed by atoms with Crippen LogP contribution in [-0.2, 0) is 40.7 Å². The highest BCUT2D eigenvalue weighted by atomic mass is 32.2. The summed E-state index contributed by atoms with van der Waals surface area (Å²) in [6.45, 7) is 0. The third kappa shape index (κ3) is 8.83. The van der Waals surface area contributed by atoms with Crippen LogP contribution in [0.3, 0.4) is 0 Å². The molecule has 1 heterocycles. The lowest BCUT2D eigenvalue weighted by Gasteiger charge is -2.13. The van der Waals surface area contributed by atoms with Gasteiger partial charge in [-0.3, -0.25) is 9.11 Å². The minimum absolute atomic E-state index is 0.0122. The summed E-state index contributed by atoms with van der Waals surface area (Å²) in [4.78, 5) is 23.5. The number of hydrogen-bond donors (Lipinski definition) is 8. The van der Waals surface area contributed by atoms with E-state index in [2.05, 4.69) is 40.3 Å². The fraction of sp³-hybridized carbons (Fsp3) is 0. The molecule has 0 bridgehead atoms. The molecule has 0 radical (unpaired) electrons. The van der Waals surface area contributed by atoms with Crippen molar-refractivity contribution in [3.63, 3.8) is 0 Å². The van der Waals surface area contributed by atoms with Gasteiger partial charge in [-0.1, -0.05) is 23.2 Å². The zero-order chi connectivity index (χ0) is 38.1. The van der Waals surface area contributed by atoms with E-state index in [0.29, 0.717) is 45.2 Å². The van der Waals surface area contributed by atoms with Gasteiger partial charge in [-0.15, -0.1) is 4.33 Å². The number of rotatable bonds is 13. The molecule has 6 aromatic rings. The molecule has 8 N–H and O–H groups in total. The number of fused-ring (bicyclic) bond motifs is 2. The Morgan fingerprint density at radius 1 is 0.717 bits per heavy atom. The first-order valence-electron chi connectivity index (χ1n) is 14.3. The first-order chi connectivity index (χ1) is 25.1. The molecule has 5 aromatic carbocycles. The Morgan fingerprint density at radius 3 is 1.81 bits per heavy atom. The van der Waals surface area contributed by atoms with Gasteiger partial charge in [0.05, 0.1) is 27.4 Å². The second kappa shape index (κ2) is 15.0. The minimum atomic E-state index is -4.92. The van der Waals surface area contributed by atoms with Crippen LogP contribution in [0.1, 0.15) is 10.4 Å². The molecule has 1 aromatic heterocycles. The van der Waals surface area contributed by atoms with Gasteiger partial charge in [0, 0.05) is 27.3 Å². The van der Waals surface area contributed by atoms with Gasteiger partial charge < -0.3 is 25.6 Å². The van der Waals surface area contributed by atoms with Gasteiger partial charge in [-0.25, -0.2) is 14.3 Å². The number of anilines is 6. The van der Waals surface area contributed by atoms with E-state index >= 15 is 0 Å². The summed E-state index contributed by atoms with van der Waals surface area (Å²) in [6, 6.07) is 19.0. The van der Waals surface area contributed by atoms with Gasteiger partial charge in [-0.2, -0.15) is 31.8 Å². The van der Waals surface area contributed by atoms with E-state index in [4.69, 9.17) is 5.26 Å². The summed E-state index contributed by atoms with van der Waals surface area (Å²) in [6.07, 6.45) is 0. The topological polar surface area (TPSA) is 297 Å². The lowest BCUT2D eigenvalue weighted by atomic mass is 10.1. The van der Waals surface area contributed by atoms with Crippen molar-refractivity contribution in [2.45, 2.75) is 19.6 Å². The second-order valence-corrected chi connectivity index (χ2v) is 15.2. The van der Waals surface area contributed by atoms with Crippen molar-refractivity contribution in [1.29, 1.82) is 0 Å². The average Bonchev–Trinajstić information content (AvgIpc) is 3.09. The monoisotopic (exact) mass is 802 g/mol. The van der Waals surface area contributed by atoms with Crippen LogP contribution in [0.5, 0.6) is 0 Å². The molecule has 274 valence electrons. The number of carboxylic acid groups (broad SMARTS) is 1. The number of aromatic nitrogens is 3. The molecule has 1 unspecified atom stereocenters. The molecule has 23 heteroatoms. The Balaban J connectivity index is 1.42. The van der Waals surface area contributed by atoms with Crippen LogP contribution >= 0.6 is 12.0 Å². The Morgan fingerprint density at radius 2 is 1.28 bits per heavy atom. The molecule has 0 aliphatic heterocycles. The first-order valence-corrected chi connectivity index (χ1v) is 19.1. The van der Waals surface area contributed by atoms with E-state index < -0.39 is 47.1 Å². The Bertz CT molecular complexity index is 2680. The molecule has 0 amide bonds. The third-order valence-electron chi connectivity index (χ3n) is 7.22. The fourth-order valence-electron chi connectivity index (χ4n) is 5.02. The van der Waals surface area contributed by atoms with Gasteiger partial charge in [0.1, 0.15) is 4.90 Å². The van der Waals surface area contributed by atoms with Crippen molar-refractivity contribution in [3.8, 4) is 0 Å². The van der Waals surface area contributed by atoms with E-state index in [1.54, 1.807) is 24.3 Å². The molecule has 0 fully saturated rings. The Kier molecular flexibility index (Phi) is 10.6. The molecule has 1 atom stereocenters. The summed E-state index contributed by atoms with van der Waals surface area (Å²) in [5.74, 6) is -1.47. The highest BCUT2D eigenvalue weighted by Gasteiger charge is 2.21. The zero-order valence-electron chi connectivity index (χ0n) is 26.1. The molecule has 0 spiro atoms. The van der Waals surface area contributed by atoms with Gasteiger partial charge in [0.15, 0.2) is 11.1 Å². The van der Waals surface area contributed by atoms with Gasteiger partial charge >= 0.3 is 5.97 Å². The van der Waals surface area contributed by atoms with Gasteiger partial charge in [-0.05, 0) is 82.9 Å². The largest absolute Gasteiger partial charge is 0.478 e. The van der Waals surface area contributed by atoms with Crippen molar-refractivity contribution >= 4 is 106 Å². The Hall–Kier alpha value is -5.34. The smallest absolute Gasteiger partial charge is 0.335 e. The third-order valence-corrected chi connectivity index (χ3v) is 10.2. The molecule has 0 saturated carbocycles. The number of aromatic carboxylic acids is 1. The van der Waals surface area contributed by atoms with E-state index in [9.17, 15) is 44.6 Å². The molecule has 0 saturated heterocycles. The lowest BCUT2D eigenvalue weighted by Crippen LogP contribution is -2.08. The van der Waals surface area contributed by atoms with Crippen molar-refractivity contribution in [3.05, 3.63) is 90.5 Å². The van der Waals surface area contributed by atoms with E-state index in [0.717, 1.165) is 6.07 Å². The summed E-state index contributed by atoms with van der Waals surface area (Å²) >= 11 is -1.78. The maximum atomic E-state index is 12.1. The summed E-state index contributed by atoms with van der Waals surface area (Å²) in [5.41, 5.74) is 0.837. The van der Waals surface area contributed by atoms with Gasteiger partial charge in [0.25, 0.3) is 20.2 Å². The SMILES string of the molecule is O=C(O)c1cccc(Nc2nc(Nc3ccc4c(SOOO)cc(S(=O)O)cc4c3)nc(Nc3ccc4c(S(=O)(=O)O)cc(S(=O)(=O)O)cc4c3)n2)c1. The molecule has 19 nitrogen and oxygen atoms in total. The first kappa shape index (κ1) is 37.4. The highest BCUT2D eigenvalue weighted by molar-refractivity contribution is 7.94. The minimum Gasteiger partial charge on any atom is -0.478 e. The van der Waals surface area contributed by atoms with Crippen LogP contribution in [0.15, 0.2) is 105 Å². The van der Waals surface area contributed by atoms with Crippen molar-refractivity contribution in [2.75, 3.05) is 16.0 Å². The summed E-state index contributed by atoms with van der Waals surface area (Å²) in [5, 5.41) is 31.4. The zero-order valence-corrected chi connectivity index (χ0v) is 29.3. The predicted molar refractivity (Wildman–Crippen MR) is 190 cm³/mol. The van der Waals surface area contributed by atoms with Crippen molar-refractivity contribution in [2.24, 2.45) is 0 Å². The molecule has 53 heavy (non-hydrogen) atoms. The number of carboxylic acids is 1. The number of benzene rings is 5. The fourth-order valence-corrected chi connectivity index (χ4v) is 7.45. The molecule has 0 aliphatic rings. The van der Waals surface area contributed by atoms with Crippen LogP contribution in [0.4, 0.5) is 34.9 Å². The number of nitrogens with one attached hydrogen (secondary N) is 3. The molecule has 0 aliphatic carbocycles. The van der Waals surface area contributed by atoms with E-state index in [1.807, 2.05) is 0 Å². The maximum Gasteiger partial charge on any atom is 0.335 e. The van der Waals surface area contributed by atoms with Crippen LogP contribution in [0.25, 0.3) is 21.5 Å². The van der Waals surface area contributed by atoms with Crippen LogP contribution in [0, 0.1) is 0 Å². The number of hydrogen-bond acceptors (Lipinski definition) is 16. The van der Waals surface area contributed by atoms with Crippen LogP contribution in [-0.4, -0.2) is 66.0 Å². The molecular formula is C30H22N6O13S4. The highest BCUT2D eigenvalue weighted by Crippen LogP contribution is 2.34. The maximum absolute atomic E-state index is 12.1. The normalized spacial score (nSPS) is 12.5. The predicted octanol–water partition coefficient (Wildman–Crippen LogP) is 5.61. The summed E-state index contributed by atoms with van der Waals surface area (Å²) < 4.78 is 93.4. The molecular weight excluding hydrogens is 781 g/mol. The summed E-state index contributed by atoms with van der Waals surface area (Å²) in [7, 11) is -9.81. The second-order valence-electron chi connectivity index (χ2n) is 10.7. The average molecular weight is 803 g/mol. The van der Waals surface area contributed by atoms with E-state index in [-0.39, 0.29) is 44.8 Å². The van der Waals surface area contributed by atoms with E-state index in [1.165, 1.54) is 48.5 Å². The van der Waals surface area contributed by atoms with Gasteiger partial charge in [0.2, 0.25) is 17.8 Å². The van der Waals surface area contributed by atoms with Crippen molar-refractivity contribution in [1.82, 2.24) is 15.0 Å². The lowest BCUT2D eigenvalue weighted by molar-refractivity contribution is -0.432. The van der Waals surface area contributed by atoms with Crippen LogP contribution < -0.4 is 16.0 Å². The standard InChI is InChI=1S/C30H22N6O13S4/c37-27(38)15-2-1-3-18(8-15)31-28-34-29(32-19-4-6-23-16(9-19)11-21(51(40)41)13-25(23)50-49-48-39)36-30(35-28)33-20-5-7-24-17(10-20)12-22(52(42,43)44)14-26(24)53(45,46)47/h1-14,39H,(H,37,38)(H,40,41)(H,42,43,44)(H,45,46,47)(H3,31,32,33,34,35,36). The van der Waals surface area contributed by atoms with Crippen molar-refractivity contribution < 1.29 is 59.2 Å². The molecule has 6 rings (SSSR count). The van der Waals surface area contributed by atoms with Crippen LogP contribution in [0.2, 0.25) is 0 Å². The quantitative estimate of drug-likeness (QED) is 0.0231. The number of carbonyl (C=O) groups is 1. The number of nitrogens with zero attached hydrogens (tertiary/aromatic N) is 3. The Labute approximate surface area is 304 Å².